The highest BCUT2D eigenvalue weighted by Gasteiger charge is 2.11. The van der Waals surface area contributed by atoms with Gasteiger partial charge in [-0.2, -0.15) is 0 Å². The van der Waals surface area contributed by atoms with Crippen LogP contribution in [0.1, 0.15) is 10.4 Å². The summed E-state index contributed by atoms with van der Waals surface area (Å²) in [6.07, 6.45) is 1.11. The van der Waals surface area contributed by atoms with Crippen LogP contribution in [0.3, 0.4) is 0 Å². The first kappa shape index (κ1) is 8.98. The highest BCUT2D eigenvalue weighted by Crippen LogP contribution is 1.90. The summed E-state index contributed by atoms with van der Waals surface area (Å²) in [7, 11) is 0. The maximum absolute atomic E-state index is 11.1. The number of rotatable bonds is 1. The zero-order valence-electron chi connectivity index (χ0n) is 6.43. The predicted molar refractivity (Wildman–Crippen MR) is 42.6 cm³/mol. The Hall–Kier alpha value is -2.11. The molecule has 1 heterocycles. The van der Waals surface area contributed by atoms with Crippen LogP contribution in [0.5, 0.6) is 0 Å². The molecule has 6 heteroatoms. The number of carboxylic acid groups (broad SMARTS) is 1. The Labute approximate surface area is 72.2 Å². The molecule has 0 radical (unpaired) electrons. The third-order valence-corrected chi connectivity index (χ3v) is 1.42. The van der Waals surface area contributed by atoms with E-state index in [1.807, 2.05) is 0 Å². The maximum Gasteiger partial charge on any atom is 0.341 e. The van der Waals surface area contributed by atoms with E-state index < -0.39 is 23.1 Å². The van der Waals surface area contributed by atoms with E-state index in [-0.39, 0.29) is 0 Å². The molecular formula is C7H6N2O4. The quantitative estimate of drug-likeness (QED) is 0.609. The maximum atomic E-state index is 11.1. The minimum Gasteiger partial charge on any atom is -0.477 e. The van der Waals surface area contributed by atoms with Crippen molar-refractivity contribution < 1.29 is 14.7 Å². The molecule has 1 amide bonds. The molecule has 0 unspecified atom stereocenters. The number of carbonyl (C=O) groups is 2. The van der Waals surface area contributed by atoms with Gasteiger partial charge in [-0.3, -0.25) is 4.79 Å². The van der Waals surface area contributed by atoms with Gasteiger partial charge in [0.05, 0.1) is 0 Å². The number of aromatic nitrogens is 1. The second-order valence-corrected chi connectivity index (χ2v) is 2.24. The first-order chi connectivity index (χ1) is 6.04. The third-order valence-electron chi connectivity index (χ3n) is 1.42. The molecule has 0 aliphatic heterocycles. The fourth-order valence-electron chi connectivity index (χ4n) is 0.830. The minimum atomic E-state index is -1.39. The van der Waals surface area contributed by atoms with Crippen molar-refractivity contribution >= 4 is 12.0 Å². The molecule has 0 aliphatic rings. The number of amides is 1. The molecule has 13 heavy (non-hydrogen) atoms. The fourth-order valence-corrected chi connectivity index (χ4v) is 0.830. The minimum absolute atomic E-state index is 0.485. The van der Waals surface area contributed by atoms with Gasteiger partial charge < -0.3 is 10.8 Å². The standard InChI is InChI=1S/C7H6N2O4/c8-7(13)9-3-1-2-4(5(9)10)6(11)12/h1-3H,(H2,8,13)(H,11,12). The number of carboxylic acids is 1. The van der Waals surface area contributed by atoms with E-state index in [9.17, 15) is 14.4 Å². The topological polar surface area (TPSA) is 102 Å². The Morgan fingerprint density at radius 1 is 1.46 bits per heavy atom. The average Bonchev–Trinajstić information content (AvgIpc) is 2.03. The molecule has 0 fully saturated rings. The molecule has 0 atom stereocenters. The van der Waals surface area contributed by atoms with Gasteiger partial charge in [-0.25, -0.2) is 14.2 Å². The molecule has 3 N–H and O–H groups in total. The SMILES string of the molecule is NC(=O)n1cccc(C(=O)O)c1=O. The van der Waals surface area contributed by atoms with Crippen LogP contribution in [0.2, 0.25) is 0 Å². The summed E-state index contributed by atoms with van der Waals surface area (Å²) in [6.45, 7) is 0. The summed E-state index contributed by atoms with van der Waals surface area (Å²) in [6, 6.07) is 1.35. The van der Waals surface area contributed by atoms with Gasteiger partial charge in [-0.15, -0.1) is 0 Å². The molecule has 0 saturated carbocycles. The lowest BCUT2D eigenvalue weighted by molar-refractivity contribution is 0.0694. The second-order valence-electron chi connectivity index (χ2n) is 2.24. The van der Waals surface area contributed by atoms with Crippen molar-refractivity contribution in [2.24, 2.45) is 5.73 Å². The van der Waals surface area contributed by atoms with Gasteiger partial charge in [0.2, 0.25) is 0 Å². The number of aromatic carboxylic acids is 1. The highest BCUT2D eigenvalue weighted by molar-refractivity contribution is 5.88. The Kier molecular flexibility index (Phi) is 2.14. The van der Waals surface area contributed by atoms with Crippen molar-refractivity contribution in [3.8, 4) is 0 Å². The van der Waals surface area contributed by atoms with Crippen LogP contribution in [0.15, 0.2) is 23.1 Å². The Morgan fingerprint density at radius 3 is 2.54 bits per heavy atom. The number of carbonyl (C=O) groups excluding carboxylic acids is 1. The van der Waals surface area contributed by atoms with Crippen molar-refractivity contribution in [2.75, 3.05) is 0 Å². The molecule has 1 aromatic heterocycles. The largest absolute Gasteiger partial charge is 0.477 e. The summed E-state index contributed by atoms with van der Waals surface area (Å²) in [5.41, 5.74) is 3.40. The molecule has 0 bridgehead atoms. The summed E-state index contributed by atoms with van der Waals surface area (Å²) < 4.78 is 0.531. The molecule has 0 spiro atoms. The van der Waals surface area contributed by atoms with Crippen LogP contribution in [-0.4, -0.2) is 21.7 Å². The molecule has 0 aliphatic carbocycles. The van der Waals surface area contributed by atoms with Crippen molar-refractivity contribution in [2.45, 2.75) is 0 Å². The first-order valence-corrected chi connectivity index (χ1v) is 3.29. The summed E-state index contributed by atoms with van der Waals surface area (Å²) >= 11 is 0. The molecule has 1 rings (SSSR count). The normalized spacial score (nSPS) is 9.54. The van der Waals surface area contributed by atoms with E-state index in [1.165, 1.54) is 6.07 Å². The summed E-state index contributed by atoms with van der Waals surface area (Å²) in [5.74, 6) is -1.39. The van der Waals surface area contributed by atoms with E-state index in [2.05, 4.69) is 0 Å². The lowest BCUT2D eigenvalue weighted by Gasteiger charge is -1.99. The van der Waals surface area contributed by atoms with Gasteiger partial charge in [-0.1, -0.05) is 0 Å². The zero-order valence-corrected chi connectivity index (χ0v) is 6.43. The smallest absolute Gasteiger partial charge is 0.341 e. The van der Waals surface area contributed by atoms with Crippen molar-refractivity contribution in [1.82, 2.24) is 4.57 Å². The van der Waals surface area contributed by atoms with E-state index in [4.69, 9.17) is 10.8 Å². The molecular weight excluding hydrogens is 176 g/mol. The number of nitrogens with zero attached hydrogens (tertiary/aromatic N) is 1. The van der Waals surface area contributed by atoms with E-state index in [0.29, 0.717) is 4.57 Å². The van der Waals surface area contributed by atoms with E-state index in [0.717, 1.165) is 12.3 Å². The number of nitrogens with two attached hydrogens (primary N) is 1. The summed E-state index contributed by atoms with van der Waals surface area (Å²) in [5, 5.41) is 8.51. The van der Waals surface area contributed by atoms with Crippen LogP contribution in [0, 0.1) is 0 Å². The van der Waals surface area contributed by atoms with E-state index >= 15 is 0 Å². The van der Waals surface area contributed by atoms with Crippen LogP contribution < -0.4 is 11.3 Å². The Bertz CT molecular complexity index is 385. The fraction of sp³-hybridized carbons (Fsp3) is 0. The molecule has 0 aromatic carbocycles. The number of hydrogen-bond donors (Lipinski definition) is 2. The van der Waals surface area contributed by atoms with Gasteiger partial charge in [0, 0.05) is 6.20 Å². The van der Waals surface area contributed by atoms with Gasteiger partial charge in [0.15, 0.2) is 0 Å². The molecule has 68 valence electrons. The van der Waals surface area contributed by atoms with Crippen molar-refractivity contribution in [1.29, 1.82) is 0 Å². The van der Waals surface area contributed by atoms with Crippen LogP contribution in [-0.2, 0) is 0 Å². The van der Waals surface area contributed by atoms with Crippen LogP contribution in [0.25, 0.3) is 0 Å². The van der Waals surface area contributed by atoms with Crippen molar-refractivity contribution in [3.05, 3.63) is 34.2 Å². The molecule has 1 aromatic rings. The monoisotopic (exact) mass is 182 g/mol. The van der Waals surface area contributed by atoms with Gasteiger partial charge >= 0.3 is 12.0 Å². The number of primary amides is 1. The van der Waals surface area contributed by atoms with Crippen molar-refractivity contribution in [3.63, 3.8) is 0 Å². The molecule has 6 nitrogen and oxygen atoms in total. The summed E-state index contributed by atoms with van der Waals surface area (Å²) in [4.78, 5) is 32.2. The first-order valence-electron chi connectivity index (χ1n) is 3.29. The van der Waals surface area contributed by atoms with Gasteiger partial charge in [0.1, 0.15) is 5.56 Å². The third kappa shape index (κ3) is 1.56. The Balaban J connectivity index is 3.44. The zero-order chi connectivity index (χ0) is 10.0. The van der Waals surface area contributed by atoms with Gasteiger partial charge in [-0.05, 0) is 12.1 Å². The van der Waals surface area contributed by atoms with Gasteiger partial charge in [0.25, 0.3) is 5.56 Å². The Morgan fingerprint density at radius 2 is 2.08 bits per heavy atom. The molecule has 0 saturated heterocycles. The highest BCUT2D eigenvalue weighted by atomic mass is 16.4. The number of hydrogen-bond acceptors (Lipinski definition) is 3. The van der Waals surface area contributed by atoms with E-state index in [1.54, 1.807) is 0 Å². The lowest BCUT2D eigenvalue weighted by atomic mass is 10.3. The lowest BCUT2D eigenvalue weighted by Crippen LogP contribution is -2.34. The predicted octanol–water partition coefficient (Wildman–Crippen LogP) is -0.527. The van der Waals surface area contributed by atoms with Crippen LogP contribution in [0.4, 0.5) is 4.79 Å². The van der Waals surface area contributed by atoms with Crippen LogP contribution >= 0.6 is 0 Å². The second kappa shape index (κ2) is 3.10. The average molecular weight is 182 g/mol. The number of pyridine rings is 1.